The van der Waals surface area contributed by atoms with Crippen LogP contribution in [0.4, 0.5) is 5.69 Å². The third-order valence-corrected chi connectivity index (χ3v) is 1.62. The van der Waals surface area contributed by atoms with E-state index in [4.69, 9.17) is 6.57 Å². The normalized spacial score (nSPS) is 9.50. The Kier molecular flexibility index (Phi) is 2.71. The molecule has 2 heteroatoms. The van der Waals surface area contributed by atoms with Gasteiger partial charge in [-0.1, -0.05) is 23.2 Å². The second-order valence-corrected chi connectivity index (χ2v) is 2.87. The lowest BCUT2D eigenvalue weighted by Gasteiger charge is -2.13. The fraction of sp³-hybridized carbons (Fsp3) is 0.300. The summed E-state index contributed by atoms with van der Waals surface area (Å²) in [6.45, 7) is 11.0. The molecule has 0 spiro atoms. The van der Waals surface area contributed by atoms with Crippen LogP contribution in [0.1, 0.15) is 13.8 Å². The number of hydrogen-bond donors (Lipinski definition) is 0. The smallest absolute Gasteiger partial charge is 0.113 e. The van der Waals surface area contributed by atoms with Gasteiger partial charge in [0.05, 0.1) is 6.04 Å². The molecule has 1 aromatic carbocycles. The Morgan fingerprint density at radius 1 is 1.25 bits per heavy atom. The third-order valence-electron chi connectivity index (χ3n) is 1.62. The summed E-state index contributed by atoms with van der Waals surface area (Å²) in [6.07, 6.45) is 0. The van der Waals surface area contributed by atoms with E-state index in [1.54, 1.807) is 5.01 Å². The van der Waals surface area contributed by atoms with E-state index in [0.717, 1.165) is 5.69 Å². The SMILES string of the molecule is [C-]#[N+]N(c1ccccc1)C(C)C. The highest BCUT2D eigenvalue weighted by Crippen LogP contribution is 2.15. The van der Waals surface area contributed by atoms with Gasteiger partial charge in [-0.05, 0) is 26.0 Å². The summed E-state index contributed by atoms with van der Waals surface area (Å²) in [5, 5.41) is 1.67. The average molecular weight is 160 g/mol. The van der Waals surface area contributed by atoms with E-state index < -0.39 is 0 Å². The van der Waals surface area contributed by atoms with Gasteiger partial charge in [-0.15, -0.1) is 0 Å². The molecule has 12 heavy (non-hydrogen) atoms. The molecule has 0 saturated carbocycles. The zero-order chi connectivity index (χ0) is 8.97. The highest BCUT2D eigenvalue weighted by atomic mass is 15.4. The van der Waals surface area contributed by atoms with Crippen molar-refractivity contribution in [1.29, 1.82) is 0 Å². The van der Waals surface area contributed by atoms with Gasteiger partial charge in [0.1, 0.15) is 5.69 Å². The number of rotatable bonds is 2. The lowest BCUT2D eigenvalue weighted by Crippen LogP contribution is -2.22. The van der Waals surface area contributed by atoms with Crippen molar-refractivity contribution < 1.29 is 0 Å². The fourth-order valence-corrected chi connectivity index (χ4v) is 1.05. The Balaban J connectivity index is 2.90. The van der Waals surface area contributed by atoms with Crippen LogP contribution in [-0.2, 0) is 0 Å². The summed E-state index contributed by atoms with van der Waals surface area (Å²) in [4.78, 5) is 3.44. The van der Waals surface area contributed by atoms with Gasteiger partial charge in [-0.3, -0.25) is 0 Å². The molecule has 1 aromatic rings. The summed E-state index contributed by atoms with van der Waals surface area (Å²) in [5.41, 5.74) is 0.961. The van der Waals surface area contributed by atoms with Crippen LogP contribution in [-0.4, -0.2) is 6.04 Å². The number of para-hydroxylation sites is 1. The molecule has 62 valence electrons. The van der Waals surface area contributed by atoms with E-state index in [2.05, 4.69) is 4.95 Å². The van der Waals surface area contributed by atoms with Crippen molar-refractivity contribution in [2.75, 3.05) is 5.01 Å². The van der Waals surface area contributed by atoms with E-state index in [-0.39, 0.29) is 6.04 Å². The molecule has 0 aliphatic rings. The van der Waals surface area contributed by atoms with Crippen LogP contribution in [0.5, 0.6) is 0 Å². The molecule has 0 amide bonds. The van der Waals surface area contributed by atoms with Crippen molar-refractivity contribution in [2.24, 2.45) is 0 Å². The van der Waals surface area contributed by atoms with E-state index in [0.29, 0.717) is 0 Å². The molecular weight excluding hydrogens is 148 g/mol. The van der Waals surface area contributed by atoms with Crippen LogP contribution in [0, 0.1) is 6.57 Å². The van der Waals surface area contributed by atoms with Crippen molar-refractivity contribution in [3.63, 3.8) is 0 Å². The van der Waals surface area contributed by atoms with Gasteiger partial charge < -0.3 is 0 Å². The lowest BCUT2D eigenvalue weighted by atomic mass is 10.3. The monoisotopic (exact) mass is 160 g/mol. The maximum absolute atomic E-state index is 6.98. The number of hydrogen-bond acceptors (Lipinski definition) is 1. The molecule has 0 saturated heterocycles. The minimum atomic E-state index is 0.227. The molecule has 0 fully saturated rings. The minimum Gasteiger partial charge on any atom is -0.184 e. The molecule has 0 N–H and O–H groups in total. The Bertz CT molecular complexity index is 272. The van der Waals surface area contributed by atoms with E-state index in [9.17, 15) is 0 Å². The molecule has 0 aliphatic carbocycles. The van der Waals surface area contributed by atoms with E-state index in [1.807, 2.05) is 44.2 Å². The largest absolute Gasteiger partial charge is 0.184 e. The topological polar surface area (TPSA) is 7.60 Å². The molecule has 0 unspecified atom stereocenters. The van der Waals surface area contributed by atoms with Crippen LogP contribution in [0.2, 0.25) is 0 Å². The number of benzene rings is 1. The first-order chi connectivity index (χ1) is 5.75. The minimum absolute atomic E-state index is 0.227. The Hall–Kier alpha value is -1.49. The molecule has 2 nitrogen and oxygen atoms in total. The van der Waals surface area contributed by atoms with Crippen molar-refractivity contribution in [3.8, 4) is 0 Å². The van der Waals surface area contributed by atoms with Crippen LogP contribution < -0.4 is 5.01 Å². The van der Waals surface area contributed by atoms with Crippen LogP contribution >= 0.6 is 0 Å². The number of anilines is 1. The summed E-state index contributed by atoms with van der Waals surface area (Å²) in [7, 11) is 0. The highest BCUT2D eigenvalue weighted by Gasteiger charge is 2.12. The van der Waals surface area contributed by atoms with Crippen molar-refractivity contribution in [2.45, 2.75) is 19.9 Å². The van der Waals surface area contributed by atoms with Gasteiger partial charge >= 0.3 is 0 Å². The Morgan fingerprint density at radius 2 is 1.83 bits per heavy atom. The van der Waals surface area contributed by atoms with E-state index >= 15 is 0 Å². The summed E-state index contributed by atoms with van der Waals surface area (Å²) in [6, 6.07) is 9.94. The predicted molar refractivity (Wildman–Crippen MR) is 50.7 cm³/mol. The van der Waals surface area contributed by atoms with Crippen molar-refractivity contribution in [1.82, 2.24) is 0 Å². The van der Waals surface area contributed by atoms with Crippen molar-refractivity contribution in [3.05, 3.63) is 41.9 Å². The van der Waals surface area contributed by atoms with Gasteiger partial charge in [0.15, 0.2) is 0 Å². The quantitative estimate of drug-likeness (QED) is 0.477. The van der Waals surface area contributed by atoms with Gasteiger partial charge in [-0.2, -0.15) is 11.5 Å². The Labute approximate surface area is 73.2 Å². The average Bonchev–Trinajstić information content (AvgIpc) is 2.07. The standard InChI is InChI=1S/C10H12N2/c1-9(2)12(11-3)10-7-5-4-6-8-10/h4-9H,1-2H3. The lowest BCUT2D eigenvalue weighted by molar-refractivity contribution is 0.779. The van der Waals surface area contributed by atoms with Crippen LogP contribution in [0.25, 0.3) is 4.95 Å². The summed E-state index contributed by atoms with van der Waals surface area (Å²) < 4.78 is 0. The van der Waals surface area contributed by atoms with E-state index in [1.165, 1.54) is 0 Å². The summed E-state index contributed by atoms with van der Waals surface area (Å²) in [5.74, 6) is 0. The first-order valence-electron chi connectivity index (χ1n) is 3.97. The van der Waals surface area contributed by atoms with Crippen molar-refractivity contribution >= 4 is 5.69 Å². The van der Waals surface area contributed by atoms with Gasteiger partial charge in [0.25, 0.3) is 0 Å². The van der Waals surface area contributed by atoms with Crippen LogP contribution in [0.3, 0.4) is 0 Å². The molecule has 0 aromatic heterocycles. The van der Waals surface area contributed by atoms with Gasteiger partial charge in [-0.25, -0.2) is 0 Å². The molecule has 0 radical (unpaired) electrons. The summed E-state index contributed by atoms with van der Waals surface area (Å²) >= 11 is 0. The van der Waals surface area contributed by atoms with Gasteiger partial charge in [0, 0.05) is 0 Å². The zero-order valence-corrected chi connectivity index (χ0v) is 7.36. The molecule has 0 atom stereocenters. The number of nitrogens with zero attached hydrogens (tertiary/aromatic N) is 2. The first kappa shape index (κ1) is 8.61. The van der Waals surface area contributed by atoms with Crippen LogP contribution in [0.15, 0.2) is 30.3 Å². The second-order valence-electron chi connectivity index (χ2n) is 2.87. The molecular formula is C10H12N2. The fourth-order valence-electron chi connectivity index (χ4n) is 1.05. The van der Waals surface area contributed by atoms with Gasteiger partial charge in [0.2, 0.25) is 0 Å². The molecule has 0 aliphatic heterocycles. The first-order valence-corrected chi connectivity index (χ1v) is 3.97. The predicted octanol–water partition coefficient (Wildman–Crippen LogP) is 2.74. The molecule has 1 rings (SSSR count). The third kappa shape index (κ3) is 1.76. The maximum atomic E-state index is 6.98. The zero-order valence-electron chi connectivity index (χ0n) is 7.36. The highest BCUT2D eigenvalue weighted by molar-refractivity contribution is 5.47. The maximum Gasteiger partial charge on any atom is 0.113 e. The Morgan fingerprint density at radius 3 is 2.25 bits per heavy atom. The molecule has 0 heterocycles. The second kappa shape index (κ2) is 3.77. The molecule has 0 bridgehead atoms.